The zero-order chi connectivity index (χ0) is 17.1. The second-order valence-electron chi connectivity index (χ2n) is 5.87. The van der Waals surface area contributed by atoms with E-state index in [9.17, 15) is 0 Å². The van der Waals surface area contributed by atoms with Crippen molar-refractivity contribution in [1.29, 1.82) is 0 Å². The lowest BCUT2D eigenvalue weighted by atomic mass is 9.99. The van der Waals surface area contributed by atoms with E-state index in [-0.39, 0.29) is 23.0 Å². The predicted molar refractivity (Wildman–Crippen MR) is 107 cm³/mol. The minimum absolute atomic E-state index is 0. The van der Waals surface area contributed by atoms with Crippen LogP contribution in [0.4, 0.5) is 5.69 Å². The fourth-order valence-corrected chi connectivity index (χ4v) is 2.98. The third-order valence-corrected chi connectivity index (χ3v) is 4.25. The Morgan fingerprint density at radius 1 is 1.08 bits per heavy atom. The van der Waals surface area contributed by atoms with Gasteiger partial charge in [0.15, 0.2) is 5.75 Å². The molecule has 0 radical (unpaired) electrons. The molecule has 0 saturated carbocycles. The maximum Gasteiger partial charge on any atom is 0.158 e. The van der Waals surface area contributed by atoms with E-state index in [2.05, 4.69) is 40.7 Å². The van der Waals surface area contributed by atoms with Crippen LogP contribution in [-0.2, 0) is 6.42 Å². The molecule has 1 aromatic heterocycles. The van der Waals surface area contributed by atoms with E-state index >= 15 is 0 Å². The molecule has 5 nitrogen and oxygen atoms in total. The highest BCUT2D eigenvalue weighted by molar-refractivity contribution is 8.93. The van der Waals surface area contributed by atoms with E-state index < -0.39 is 0 Å². The van der Waals surface area contributed by atoms with Crippen LogP contribution >= 0.6 is 17.0 Å². The highest BCUT2D eigenvalue weighted by Gasteiger charge is 2.33. The number of nitrogens with zero attached hydrogens (tertiary/aromatic N) is 2. The molecule has 26 heavy (non-hydrogen) atoms. The molecule has 6 heteroatoms. The van der Waals surface area contributed by atoms with Gasteiger partial charge in [-0.3, -0.25) is 10.4 Å². The van der Waals surface area contributed by atoms with Crippen LogP contribution in [-0.4, -0.2) is 17.3 Å². The van der Waals surface area contributed by atoms with E-state index in [1.807, 2.05) is 30.3 Å². The highest BCUT2D eigenvalue weighted by Crippen LogP contribution is 2.41. The maximum atomic E-state index is 6.06. The number of pyridine rings is 1. The summed E-state index contributed by atoms with van der Waals surface area (Å²) in [5, 5.41) is 1.80. The van der Waals surface area contributed by atoms with Gasteiger partial charge in [0.2, 0.25) is 0 Å². The zero-order valence-electron chi connectivity index (χ0n) is 14.3. The van der Waals surface area contributed by atoms with Crippen molar-refractivity contribution in [3.63, 3.8) is 0 Å². The summed E-state index contributed by atoms with van der Waals surface area (Å²) in [5.74, 6) is 1.59. The minimum atomic E-state index is 0. The van der Waals surface area contributed by atoms with Gasteiger partial charge in [-0.1, -0.05) is 30.3 Å². The molecule has 3 aromatic rings. The summed E-state index contributed by atoms with van der Waals surface area (Å²) < 4.78 is 5.32. The number of hydroxylamine groups is 1. The van der Waals surface area contributed by atoms with Gasteiger partial charge in [-0.05, 0) is 41.4 Å². The van der Waals surface area contributed by atoms with Gasteiger partial charge < -0.3 is 9.57 Å². The maximum absolute atomic E-state index is 6.06. The molecule has 1 unspecified atom stereocenters. The number of benzene rings is 2. The second-order valence-corrected chi connectivity index (χ2v) is 5.87. The lowest BCUT2D eigenvalue weighted by molar-refractivity contribution is -0.0449. The number of hydrazine groups is 1. The Labute approximate surface area is 163 Å². The molecule has 1 aliphatic heterocycles. The van der Waals surface area contributed by atoms with E-state index in [1.54, 1.807) is 24.7 Å². The van der Waals surface area contributed by atoms with Gasteiger partial charge in [-0.25, -0.2) is 0 Å². The monoisotopic (exact) mass is 413 g/mol. The zero-order valence-corrected chi connectivity index (χ0v) is 16.0. The first-order valence-electron chi connectivity index (χ1n) is 8.19. The lowest BCUT2D eigenvalue weighted by Gasteiger charge is -2.24. The third kappa shape index (κ3) is 3.81. The fourth-order valence-electron chi connectivity index (χ4n) is 2.98. The Morgan fingerprint density at radius 2 is 1.85 bits per heavy atom. The summed E-state index contributed by atoms with van der Waals surface area (Å²) in [5.41, 5.74) is 6.63. The lowest BCUT2D eigenvalue weighted by Crippen LogP contribution is -2.33. The molecule has 0 fully saturated rings. The molecule has 0 bridgehead atoms. The van der Waals surface area contributed by atoms with Crippen molar-refractivity contribution in [2.75, 3.05) is 12.5 Å². The van der Waals surface area contributed by atoms with Crippen LogP contribution in [0.3, 0.4) is 0 Å². The molecule has 2 aromatic carbocycles. The van der Waals surface area contributed by atoms with Crippen molar-refractivity contribution in [1.82, 2.24) is 10.2 Å². The normalized spacial score (nSPS) is 15.5. The van der Waals surface area contributed by atoms with Crippen LogP contribution < -0.4 is 15.0 Å². The van der Waals surface area contributed by atoms with Crippen molar-refractivity contribution in [2.45, 2.75) is 12.5 Å². The molecule has 1 aliphatic rings. The molecule has 1 N–H and O–H groups in total. The molecule has 2 heterocycles. The van der Waals surface area contributed by atoms with E-state index in [0.29, 0.717) is 0 Å². The molecule has 0 amide bonds. The number of hydrogen-bond donors (Lipinski definition) is 1. The molecule has 0 aliphatic carbocycles. The van der Waals surface area contributed by atoms with Gasteiger partial charge in [0.25, 0.3) is 0 Å². The quantitative estimate of drug-likeness (QED) is 0.662. The number of halogens is 1. The molecular formula is C20H20BrN3O2. The fraction of sp³-hybridized carbons (Fsp3) is 0.150. The van der Waals surface area contributed by atoms with Crippen LogP contribution in [0, 0.1) is 0 Å². The highest BCUT2D eigenvalue weighted by atomic mass is 79.9. The van der Waals surface area contributed by atoms with Crippen LogP contribution in [0.25, 0.3) is 0 Å². The van der Waals surface area contributed by atoms with Crippen molar-refractivity contribution < 1.29 is 9.57 Å². The number of anilines is 1. The number of hydrogen-bond acceptors (Lipinski definition) is 5. The van der Waals surface area contributed by atoms with Gasteiger partial charge in [-0.15, -0.1) is 17.0 Å². The van der Waals surface area contributed by atoms with Gasteiger partial charge in [0, 0.05) is 24.0 Å². The molecule has 0 saturated heterocycles. The van der Waals surface area contributed by atoms with Crippen LogP contribution in [0.2, 0.25) is 0 Å². The molecular weight excluding hydrogens is 394 g/mol. The first kappa shape index (κ1) is 18.2. The number of nitrogens with one attached hydrogen (secondary N) is 1. The minimum Gasteiger partial charge on any atom is -0.497 e. The largest absolute Gasteiger partial charge is 0.497 e. The summed E-state index contributed by atoms with van der Waals surface area (Å²) in [6.45, 7) is 0. The average molecular weight is 414 g/mol. The summed E-state index contributed by atoms with van der Waals surface area (Å²) in [7, 11) is 1.66. The number of methoxy groups -OCH3 is 1. The van der Waals surface area contributed by atoms with Crippen molar-refractivity contribution in [3.05, 3.63) is 84.2 Å². The average Bonchev–Trinajstić information content (AvgIpc) is 2.99. The number of aromatic nitrogens is 1. The SMILES string of the molecule is Br.COc1ccc2c(c1)ON(Nc1ccncc1)C2Cc1ccccc1. The molecule has 0 spiro atoms. The first-order chi connectivity index (χ1) is 12.3. The third-order valence-electron chi connectivity index (χ3n) is 4.25. The van der Waals surface area contributed by atoms with E-state index in [1.165, 1.54) is 5.56 Å². The second kappa shape index (κ2) is 8.21. The molecule has 134 valence electrons. The predicted octanol–water partition coefficient (Wildman–Crippen LogP) is 4.59. The van der Waals surface area contributed by atoms with Crippen LogP contribution in [0.1, 0.15) is 17.2 Å². The Bertz CT molecular complexity index is 846. The van der Waals surface area contributed by atoms with Crippen molar-refractivity contribution in [2.24, 2.45) is 0 Å². The molecule has 1 atom stereocenters. The Kier molecular flexibility index (Phi) is 5.75. The summed E-state index contributed by atoms with van der Waals surface area (Å²) in [4.78, 5) is 10.1. The Hall–Kier alpha value is -2.57. The van der Waals surface area contributed by atoms with Crippen LogP contribution in [0.15, 0.2) is 73.1 Å². The summed E-state index contributed by atoms with van der Waals surface area (Å²) >= 11 is 0. The Balaban J connectivity index is 0.00000196. The summed E-state index contributed by atoms with van der Waals surface area (Å²) in [6.07, 6.45) is 4.33. The topological polar surface area (TPSA) is 46.6 Å². The molecule has 4 rings (SSSR count). The van der Waals surface area contributed by atoms with Crippen LogP contribution in [0.5, 0.6) is 11.5 Å². The van der Waals surface area contributed by atoms with Gasteiger partial charge >= 0.3 is 0 Å². The number of fused-ring (bicyclic) bond motifs is 1. The number of rotatable bonds is 5. The Morgan fingerprint density at radius 3 is 2.58 bits per heavy atom. The number of ether oxygens (including phenoxy) is 1. The smallest absolute Gasteiger partial charge is 0.158 e. The van der Waals surface area contributed by atoms with Crippen molar-refractivity contribution >= 4 is 22.7 Å². The van der Waals surface area contributed by atoms with Crippen molar-refractivity contribution in [3.8, 4) is 11.5 Å². The van der Waals surface area contributed by atoms with E-state index in [4.69, 9.17) is 9.57 Å². The van der Waals surface area contributed by atoms with E-state index in [0.717, 1.165) is 29.2 Å². The summed E-state index contributed by atoms with van der Waals surface area (Å²) in [6, 6.07) is 20.2. The standard InChI is InChI=1S/C20H19N3O2.BrH/c1-24-17-7-8-18-19(13-15-5-3-2-4-6-15)23(25-20(18)14-17)22-16-9-11-21-12-10-16;/h2-12,14,19H,13H2,1H3,(H,21,22);1H. The first-order valence-corrected chi connectivity index (χ1v) is 8.19. The van der Waals surface area contributed by atoms with Gasteiger partial charge in [-0.2, -0.15) is 0 Å². The van der Waals surface area contributed by atoms with Gasteiger partial charge in [0.1, 0.15) is 5.75 Å². The van der Waals surface area contributed by atoms with Gasteiger partial charge in [0.05, 0.1) is 18.8 Å².